The van der Waals surface area contributed by atoms with Crippen LogP contribution in [0.3, 0.4) is 0 Å². The van der Waals surface area contributed by atoms with Crippen LogP contribution in [0.2, 0.25) is 0 Å². The van der Waals surface area contributed by atoms with Crippen LogP contribution in [0.1, 0.15) is 23.2 Å². The Morgan fingerprint density at radius 3 is 2.33 bits per heavy atom. The van der Waals surface area contributed by atoms with Crippen LogP contribution in [0, 0.1) is 5.92 Å². The summed E-state index contributed by atoms with van der Waals surface area (Å²) >= 11 is 1.59. The average Bonchev–Trinajstić information content (AvgIpc) is 3.05. The predicted molar refractivity (Wildman–Crippen MR) is 108 cm³/mol. The molecular formula is C22H24N2O2S. The second kappa shape index (κ2) is 8.17. The van der Waals surface area contributed by atoms with Crippen LogP contribution >= 0.6 is 11.8 Å². The van der Waals surface area contributed by atoms with Crippen LogP contribution in [0.25, 0.3) is 0 Å². The molecule has 0 aromatic heterocycles. The van der Waals surface area contributed by atoms with Gasteiger partial charge in [-0.15, -0.1) is 11.8 Å². The smallest absolute Gasteiger partial charge is 0.253 e. The molecule has 0 N–H and O–H groups in total. The summed E-state index contributed by atoms with van der Waals surface area (Å²) in [5, 5.41) is 0. The van der Waals surface area contributed by atoms with Gasteiger partial charge in [-0.1, -0.05) is 36.4 Å². The van der Waals surface area contributed by atoms with E-state index in [-0.39, 0.29) is 17.9 Å². The van der Waals surface area contributed by atoms with Gasteiger partial charge < -0.3 is 9.80 Å². The largest absolute Gasteiger partial charge is 0.337 e. The third-order valence-corrected chi connectivity index (χ3v) is 6.44. The maximum absolute atomic E-state index is 12.9. The SMILES string of the molecule is O=C(c1ccccc1)N1C[C@H]2CC[C@@H](C1)N(C(=O)CSc1ccccc1)C2. The second-order valence-electron chi connectivity index (χ2n) is 7.32. The van der Waals surface area contributed by atoms with Crippen molar-refractivity contribution < 1.29 is 9.59 Å². The van der Waals surface area contributed by atoms with Gasteiger partial charge >= 0.3 is 0 Å². The van der Waals surface area contributed by atoms with E-state index < -0.39 is 0 Å². The summed E-state index contributed by atoms with van der Waals surface area (Å²) in [7, 11) is 0. The van der Waals surface area contributed by atoms with E-state index >= 15 is 0 Å². The van der Waals surface area contributed by atoms with E-state index in [1.165, 1.54) is 0 Å². The van der Waals surface area contributed by atoms with Crippen molar-refractivity contribution in [2.75, 3.05) is 25.4 Å². The molecule has 3 saturated heterocycles. The van der Waals surface area contributed by atoms with Gasteiger partial charge in [0, 0.05) is 36.1 Å². The van der Waals surface area contributed by atoms with Crippen LogP contribution in [0.5, 0.6) is 0 Å². The fourth-order valence-corrected chi connectivity index (χ4v) is 4.87. The van der Waals surface area contributed by atoms with E-state index in [9.17, 15) is 9.59 Å². The first kappa shape index (κ1) is 18.1. The molecule has 140 valence electrons. The van der Waals surface area contributed by atoms with E-state index in [4.69, 9.17) is 0 Å². The van der Waals surface area contributed by atoms with Crippen LogP contribution in [0.4, 0.5) is 0 Å². The van der Waals surface area contributed by atoms with E-state index in [0.717, 1.165) is 36.4 Å². The fourth-order valence-electron chi connectivity index (χ4n) is 4.06. The Labute approximate surface area is 164 Å². The average molecular weight is 381 g/mol. The Bertz CT molecular complexity index is 796. The normalized spacial score (nSPS) is 21.8. The molecule has 27 heavy (non-hydrogen) atoms. The molecule has 3 aliphatic heterocycles. The number of nitrogens with zero attached hydrogens (tertiary/aromatic N) is 2. The van der Waals surface area contributed by atoms with Crippen LogP contribution in [-0.4, -0.2) is 53.0 Å². The molecule has 0 saturated carbocycles. The van der Waals surface area contributed by atoms with Crippen LogP contribution in [-0.2, 0) is 4.79 Å². The lowest BCUT2D eigenvalue weighted by molar-refractivity contribution is -0.132. The Morgan fingerprint density at radius 1 is 0.889 bits per heavy atom. The third kappa shape index (κ3) is 4.19. The first-order valence-electron chi connectivity index (χ1n) is 9.52. The summed E-state index contributed by atoms with van der Waals surface area (Å²) in [5.41, 5.74) is 0.733. The highest BCUT2D eigenvalue weighted by Crippen LogP contribution is 2.30. The zero-order chi connectivity index (χ0) is 18.6. The zero-order valence-corrected chi connectivity index (χ0v) is 16.1. The Balaban J connectivity index is 1.42. The van der Waals surface area contributed by atoms with Gasteiger partial charge in [-0.25, -0.2) is 0 Å². The van der Waals surface area contributed by atoms with Crippen LogP contribution in [0.15, 0.2) is 65.6 Å². The van der Waals surface area contributed by atoms with E-state index in [1.54, 1.807) is 11.8 Å². The minimum absolute atomic E-state index is 0.0838. The minimum Gasteiger partial charge on any atom is -0.337 e. The molecular weight excluding hydrogens is 356 g/mol. The van der Waals surface area contributed by atoms with Gasteiger partial charge in [-0.2, -0.15) is 0 Å². The second-order valence-corrected chi connectivity index (χ2v) is 8.37. The van der Waals surface area contributed by atoms with Gasteiger partial charge in [0.25, 0.3) is 5.91 Å². The molecule has 4 nitrogen and oxygen atoms in total. The molecule has 3 fully saturated rings. The molecule has 5 rings (SSSR count). The summed E-state index contributed by atoms with van der Waals surface area (Å²) in [5.74, 6) is 1.11. The van der Waals surface area contributed by atoms with Gasteiger partial charge in [0.15, 0.2) is 0 Å². The van der Waals surface area contributed by atoms with E-state index in [1.807, 2.05) is 70.5 Å². The summed E-state index contributed by atoms with van der Waals surface area (Å²) in [6, 6.07) is 19.6. The standard InChI is InChI=1S/C22H24N2O2S/c25-21(16-27-20-9-5-2-6-10-20)24-14-17-11-12-19(24)15-23(13-17)22(26)18-7-3-1-4-8-18/h1-10,17,19H,11-16H2/t17-,19+/m1/s1. The maximum Gasteiger partial charge on any atom is 0.253 e. The van der Waals surface area contributed by atoms with Gasteiger partial charge in [-0.05, 0) is 43.0 Å². The van der Waals surface area contributed by atoms with Gasteiger partial charge in [0.05, 0.1) is 5.75 Å². The molecule has 3 heterocycles. The quantitative estimate of drug-likeness (QED) is 0.762. The number of carbonyl (C=O) groups excluding carboxylic acids is 2. The van der Waals surface area contributed by atoms with Crippen molar-refractivity contribution >= 4 is 23.6 Å². The van der Waals surface area contributed by atoms with Crippen molar-refractivity contribution in [1.29, 1.82) is 0 Å². The van der Waals surface area contributed by atoms with Crippen molar-refractivity contribution in [3.05, 3.63) is 66.2 Å². The molecule has 2 atom stereocenters. The Hall–Kier alpha value is -2.27. The van der Waals surface area contributed by atoms with Gasteiger partial charge in [0.2, 0.25) is 5.91 Å². The van der Waals surface area contributed by atoms with Gasteiger partial charge in [0.1, 0.15) is 0 Å². The molecule has 2 bridgehead atoms. The highest BCUT2D eigenvalue weighted by molar-refractivity contribution is 8.00. The summed E-state index contributed by atoms with van der Waals surface area (Å²) < 4.78 is 0. The predicted octanol–water partition coefficient (Wildman–Crippen LogP) is 3.54. The monoisotopic (exact) mass is 380 g/mol. The molecule has 2 aromatic rings. The van der Waals surface area contributed by atoms with Crippen molar-refractivity contribution in [1.82, 2.24) is 9.80 Å². The van der Waals surface area contributed by atoms with Crippen molar-refractivity contribution in [3.8, 4) is 0 Å². The molecule has 3 aliphatic rings. The number of fused-ring (bicyclic) bond motifs is 4. The molecule has 0 radical (unpaired) electrons. The number of hydrogen-bond acceptors (Lipinski definition) is 3. The molecule has 5 heteroatoms. The fraction of sp³-hybridized carbons (Fsp3) is 0.364. The number of thioether (sulfide) groups is 1. The van der Waals surface area contributed by atoms with Crippen molar-refractivity contribution in [3.63, 3.8) is 0 Å². The molecule has 2 amide bonds. The first-order valence-corrected chi connectivity index (χ1v) is 10.5. The highest BCUT2D eigenvalue weighted by atomic mass is 32.2. The zero-order valence-electron chi connectivity index (χ0n) is 15.3. The van der Waals surface area contributed by atoms with Crippen molar-refractivity contribution in [2.45, 2.75) is 23.8 Å². The number of carbonyl (C=O) groups is 2. The number of piperidine rings is 1. The molecule has 0 spiro atoms. The lowest BCUT2D eigenvalue weighted by Crippen LogP contribution is -2.48. The minimum atomic E-state index is 0.0838. The number of amides is 2. The summed E-state index contributed by atoms with van der Waals surface area (Å²) in [4.78, 5) is 30.8. The Morgan fingerprint density at radius 2 is 1.59 bits per heavy atom. The number of benzene rings is 2. The van der Waals surface area contributed by atoms with E-state index in [2.05, 4.69) is 0 Å². The first-order chi connectivity index (χ1) is 13.2. The topological polar surface area (TPSA) is 40.6 Å². The summed E-state index contributed by atoms with van der Waals surface area (Å²) in [6.07, 6.45) is 2.09. The molecule has 0 unspecified atom stereocenters. The lowest BCUT2D eigenvalue weighted by atomic mass is 9.95. The molecule has 0 aliphatic carbocycles. The van der Waals surface area contributed by atoms with E-state index in [0.29, 0.717) is 18.2 Å². The highest BCUT2D eigenvalue weighted by Gasteiger charge is 2.38. The Kier molecular flexibility index (Phi) is 5.48. The lowest BCUT2D eigenvalue weighted by Gasteiger charge is -2.36. The van der Waals surface area contributed by atoms with Crippen LogP contribution < -0.4 is 0 Å². The maximum atomic E-state index is 12.9. The number of rotatable bonds is 4. The van der Waals surface area contributed by atoms with Gasteiger partial charge in [-0.3, -0.25) is 9.59 Å². The molecule has 2 aromatic carbocycles. The summed E-state index contributed by atoms with van der Waals surface area (Å²) in [6.45, 7) is 2.17. The van der Waals surface area contributed by atoms with Crippen molar-refractivity contribution in [2.24, 2.45) is 5.92 Å². The number of hydrogen-bond donors (Lipinski definition) is 0. The third-order valence-electron chi connectivity index (χ3n) is 5.45.